The number of rotatable bonds is 5. The van der Waals surface area contributed by atoms with E-state index in [4.69, 9.17) is 5.73 Å². The number of nitrogens with two attached hydrogens (primary N) is 1. The highest BCUT2D eigenvalue weighted by Crippen LogP contribution is 2.47. The number of hydrogen-bond donors (Lipinski definition) is 3. The zero-order valence-corrected chi connectivity index (χ0v) is 17.6. The zero-order chi connectivity index (χ0) is 21.4. The third kappa shape index (κ3) is 4.34. The third-order valence-electron chi connectivity index (χ3n) is 6.62. The van der Waals surface area contributed by atoms with Crippen LogP contribution in [-0.2, 0) is 6.42 Å². The van der Waals surface area contributed by atoms with E-state index >= 15 is 0 Å². The van der Waals surface area contributed by atoms with E-state index in [-0.39, 0.29) is 17.4 Å². The lowest BCUT2D eigenvalue weighted by Gasteiger charge is -2.27. The molecule has 9 heteroatoms. The Morgan fingerprint density at radius 1 is 1.29 bits per heavy atom. The summed E-state index contributed by atoms with van der Waals surface area (Å²) in [5.74, 6) is 0.943. The van der Waals surface area contributed by atoms with Crippen LogP contribution < -0.4 is 22.1 Å². The molecule has 0 radical (unpaired) electrons. The van der Waals surface area contributed by atoms with Gasteiger partial charge in [-0.25, -0.2) is 9.59 Å². The van der Waals surface area contributed by atoms with E-state index in [9.17, 15) is 9.59 Å². The Labute approximate surface area is 181 Å². The van der Waals surface area contributed by atoms with Crippen molar-refractivity contribution in [2.24, 2.45) is 11.7 Å². The van der Waals surface area contributed by atoms with Crippen LogP contribution in [0.1, 0.15) is 12.0 Å². The average molecular weight is 424 g/mol. The lowest BCUT2D eigenvalue weighted by atomic mass is 10.1. The van der Waals surface area contributed by atoms with Crippen LogP contribution in [0.5, 0.6) is 0 Å². The summed E-state index contributed by atoms with van der Waals surface area (Å²) in [7, 11) is 0. The Bertz CT molecular complexity index is 1030. The molecule has 2 aromatic rings. The molecule has 0 unspecified atom stereocenters. The summed E-state index contributed by atoms with van der Waals surface area (Å²) >= 11 is 0. The van der Waals surface area contributed by atoms with Crippen molar-refractivity contribution in [1.29, 1.82) is 0 Å². The summed E-state index contributed by atoms with van der Waals surface area (Å²) < 4.78 is 1.50. The van der Waals surface area contributed by atoms with Crippen LogP contribution in [0.2, 0.25) is 0 Å². The normalized spacial score (nSPS) is 25.3. The van der Waals surface area contributed by atoms with Gasteiger partial charge in [-0.15, -0.1) is 0 Å². The van der Waals surface area contributed by atoms with Crippen molar-refractivity contribution in [2.75, 3.05) is 51.1 Å². The molecule has 2 atom stereocenters. The van der Waals surface area contributed by atoms with Crippen molar-refractivity contribution in [1.82, 2.24) is 24.7 Å². The van der Waals surface area contributed by atoms with Gasteiger partial charge in [-0.05, 0) is 42.5 Å². The largest absolute Gasteiger partial charge is 0.354 e. The van der Waals surface area contributed by atoms with Gasteiger partial charge >= 0.3 is 11.7 Å². The molecule has 3 fully saturated rings. The van der Waals surface area contributed by atoms with Crippen LogP contribution in [0.4, 0.5) is 10.6 Å². The van der Waals surface area contributed by atoms with E-state index in [1.807, 2.05) is 18.2 Å². The fourth-order valence-corrected chi connectivity index (χ4v) is 4.68. The van der Waals surface area contributed by atoms with Gasteiger partial charge in [0.2, 0.25) is 0 Å². The molecule has 3 aliphatic rings. The first-order chi connectivity index (χ1) is 15.0. The number of amides is 2. The Balaban J connectivity index is 1.23. The van der Waals surface area contributed by atoms with Gasteiger partial charge in [0.05, 0.1) is 5.69 Å². The molecule has 1 saturated carbocycles. The minimum absolute atomic E-state index is 0.0723. The highest BCUT2D eigenvalue weighted by Gasteiger charge is 2.56. The smallest absolute Gasteiger partial charge is 0.324 e. The van der Waals surface area contributed by atoms with Crippen LogP contribution in [-0.4, -0.2) is 76.7 Å². The van der Waals surface area contributed by atoms with Crippen molar-refractivity contribution < 1.29 is 4.79 Å². The number of fused-ring (bicyclic) bond motifs is 1. The molecule has 1 aromatic heterocycles. The molecule has 0 spiro atoms. The van der Waals surface area contributed by atoms with E-state index in [0.717, 1.165) is 44.8 Å². The highest BCUT2D eigenvalue weighted by molar-refractivity contribution is 5.88. The Morgan fingerprint density at radius 3 is 2.87 bits per heavy atom. The van der Waals surface area contributed by atoms with E-state index in [2.05, 4.69) is 26.6 Å². The number of piperidine rings is 1. The van der Waals surface area contributed by atoms with Gasteiger partial charge in [0, 0.05) is 57.5 Å². The van der Waals surface area contributed by atoms with Crippen LogP contribution >= 0.6 is 0 Å². The quantitative estimate of drug-likeness (QED) is 0.636. The van der Waals surface area contributed by atoms with E-state index < -0.39 is 5.69 Å². The summed E-state index contributed by atoms with van der Waals surface area (Å²) in [6, 6.07) is 9.39. The minimum atomic E-state index is -0.417. The number of aromatic nitrogens is 2. The lowest BCUT2D eigenvalue weighted by molar-refractivity contribution is 0.204. The van der Waals surface area contributed by atoms with Crippen LogP contribution in [0.15, 0.2) is 41.3 Å². The topological polar surface area (TPSA) is 109 Å². The second-order valence-corrected chi connectivity index (χ2v) is 8.92. The fraction of sp³-hybridized carbons (Fsp3) is 0.500. The maximum Gasteiger partial charge on any atom is 0.354 e. The van der Waals surface area contributed by atoms with Crippen molar-refractivity contribution in [3.63, 3.8) is 0 Å². The molecule has 5 rings (SSSR count). The van der Waals surface area contributed by atoms with Crippen LogP contribution in [0.3, 0.4) is 0 Å². The van der Waals surface area contributed by atoms with Gasteiger partial charge in [-0.3, -0.25) is 9.88 Å². The van der Waals surface area contributed by atoms with Crippen molar-refractivity contribution in [3.05, 3.63) is 52.6 Å². The number of nitrogens with zero attached hydrogens (tertiary/aromatic N) is 4. The number of piperazine rings is 1. The molecule has 9 nitrogen and oxygen atoms in total. The number of carbonyl (C=O) groups is 1. The average Bonchev–Trinajstić information content (AvgIpc) is 3.29. The zero-order valence-electron chi connectivity index (χ0n) is 17.6. The summed E-state index contributed by atoms with van der Waals surface area (Å²) in [5, 5.41) is 5.93. The van der Waals surface area contributed by atoms with E-state index in [1.165, 1.54) is 16.6 Å². The lowest BCUT2D eigenvalue weighted by Crippen LogP contribution is -2.48. The molecule has 1 aromatic carbocycles. The van der Waals surface area contributed by atoms with Gasteiger partial charge in [0.15, 0.2) is 0 Å². The predicted octanol–water partition coefficient (Wildman–Crippen LogP) is 0.245. The first-order valence-electron chi connectivity index (χ1n) is 11.0. The number of anilines is 1. The second-order valence-electron chi connectivity index (χ2n) is 8.92. The van der Waals surface area contributed by atoms with E-state index in [0.29, 0.717) is 19.0 Å². The van der Waals surface area contributed by atoms with Gasteiger partial charge in [-0.1, -0.05) is 12.1 Å². The minimum Gasteiger partial charge on any atom is -0.324 e. The molecule has 31 heavy (non-hydrogen) atoms. The van der Waals surface area contributed by atoms with Gasteiger partial charge in [-0.2, -0.15) is 4.98 Å². The number of nitrogens with one attached hydrogen (secondary N) is 2. The molecule has 4 N–H and O–H groups in total. The van der Waals surface area contributed by atoms with E-state index in [1.54, 1.807) is 17.2 Å². The van der Waals surface area contributed by atoms with Crippen LogP contribution in [0, 0.1) is 5.92 Å². The summed E-state index contributed by atoms with van der Waals surface area (Å²) in [6.07, 6.45) is 3.74. The Hall–Kier alpha value is -2.75. The molecule has 2 saturated heterocycles. The summed E-state index contributed by atoms with van der Waals surface area (Å²) in [4.78, 5) is 33.1. The number of carbonyl (C=O) groups excluding carboxylic acids is 1. The van der Waals surface area contributed by atoms with Crippen molar-refractivity contribution in [2.45, 2.75) is 18.4 Å². The molecule has 2 aliphatic heterocycles. The van der Waals surface area contributed by atoms with Crippen molar-refractivity contribution >= 4 is 11.8 Å². The van der Waals surface area contributed by atoms with Crippen molar-refractivity contribution in [3.8, 4) is 5.69 Å². The van der Waals surface area contributed by atoms with Gasteiger partial charge < -0.3 is 20.9 Å². The summed E-state index contributed by atoms with van der Waals surface area (Å²) in [5.41, 5.74) is 7.90. The Morgan fingerprint density at radius 2 is 2.13 bits per heavy atom. The fourth-order valence-electron chi connectivity index (χ4n) is 4.68. The maximum absolute atomic E-state index is 12.6. The standard InChI is InChI=1S/C22H29N7O2/c23-22-13-17(22)14-27(15-22)8-4-16-2-1-3-18(12-16)29-9-5-19(26-21(29)31)25-20(30)28-10-6-24-7-11-28/h1-3,5,9,12,17,24H,4,6-8,10-11,13-15,23H2,(H,25,26,30,31)/t17-,22-/m1/s1. The SMILES string of the molecule is N[C@@]12C[C@@H]1CN(CCc1cccc(-n3ccc(NC(=O)N4CCNCC4)nc3=O)c1)C2. The van der Waals surface area contributed by atoms with Gasteiger partial charge in [0.1, 0.15) is 5.82 Å². The number of likely N-dealkylation sites (tertiary alicyclic amines) is 1. The number of benzene rings is 1. The number of hydrogen-bond acceptors (Lipinski definition) is 6. The predicted molar refractivity (Wildman–Crippen MR) is 118 cm³/mol. The molecule has 3 heterocycles. The molecule has 0 bridgehead atoms. The van der Waals surface area contributed by atoms with Gasteiger partial charge in [0.25, 0.3) is 0 Å². The number of urea groups is 1. The van der Waals surface area contributed by atoms with Crippen LogP contribution in [0.25, 0.3) is 5.69 Å². The molecule has 1 aliphatic carbocycles. The molecular formula is C22H29N7O2. The highest BCUT2D eigenvalue weighted by atomic mass is 16.2. The third-order valence-corrected chi connectivity index (χ3v) is 6.62. The first kappa shape index (κ1) is 20.2. The molecular weight excluding hydrogens is 394 g/mol. The first-order valence-corrected chi connectivity index (χ1v) is 11.0. The molecule has 2 amide bonds. The summed E-state index contributed by atoms with van der Waals surface area (Å²) in [6.45, 7) is 5.88. The molecule has 164 valence electrons. The maximum atomic E-state index is 12.6. The Kier molecular flexibility index (Phi) is 5.25. The second kappa shape index (κ2) is 8.07. The monoisotopic (exact) mass is 423 g/mol.